The minimum Gasteiger partial charge on any atom is -0.480 e. The van der Waals surface area contributed by atoms with Crippen molar-refractivity contribution >= 4 is 40.5 Å². The number of piperidine rings is 1. The molecule has 0 saturated carbocycles. The van der Waals surface area contributed by atoms with Crippen LogP contribution in [0.15, 0.2) is 48.5 Å². The molecule has 2 aromatic carbocycles. The number of nitrogens with zero attached hydrogens (tertiary/aromatic N) is 2. The van der Waals surface area contributed by atoms with Crippen molar-refractivity contribution in [1.29, 1.82) is 0 Å². The molecule has 2 aliphatic rings. The van der Waals surface area contributed by atoms with Crippen LogP contribution in [0.2, 0.25) is 5.02 Å². The minimum absolute atomic E-state index is 0.0604. The van der Waals surface area contributed by atoms with Gasteiger partial charge in [0.25, 0.3) is 0 Å². The number of hydrogen-bond acceptors (Lipinski definition) is 3. The lowest BCUT2D eigenvalue weighted by Gasteiger charge is -2.40. The van der Waals surface area contributed by atoms with Crippen LogP contribution in [0.4, 0.5) is 5.69 Å². The molecule has 2 unspecified atom stereocenters. The van der Waals surface area contributed by atoms with Crippen LogP contribution in [0.3, 0.4) is 0 Å². The molecule has 0 amide bonds. The second kappa shape index (κ2) is 6.89. The van der Waals surface area contributed by atoms with E-state index in [1.165, 1.54) is 5.56 Å². The highest BCUT2D eigenvalue weighted by Gasteiger charge is 2.45. The Morgan fingerprint density at radius 2 is 2.00 bits per heavy atom. The van der Waals surface area contributed by atoms with Crippen molar-refractivity contribution in [3.63, 3.8) is 0 Å². The zero-order chi connectivity index (χ0) is 18.3. The van der Waals surface area contributed by atoms with E-state index in [0.29, 0.717) is 5.02 Å². The highest BCUT2D eigenvalue weighted by molar-refractivity contribution is 7.80. The van der Waals surface area contributed by atoms with E-state index in [9.17, 15) is 9.90 Å². The van der Waals surface area contributed by atoms with E-state index >= 15 is 0 Å². The van der Waals surface area contributed by atoms with Crippen molar-refractivity contribution in [2.45, 2.75) is 24.9 Å². The first-order chi connectivity index (χ1) is 12.5. The summed E-state index contributed by atoms with van der Waals surface area (Å²) in [6.45, 7) is 1.55. The van der Waals surface area contributed by atoms with Crippen molar-refractivity contribution in [2.75, 3.05) is 18.0 Å². The third kappa shape index (κ3) is 3.06. The molecule has 0 aromatic heterocycles. The molecule has 1 fully saturated rings. The van der Waals surface area contributed by atoms with Crippen LogP contribution in [0.1, 0.15) is 23.5 Å². The van der Waals surface area contributed by atoms with Crippen LogP contribution in [-0.2, 0) is 11.3 Å². The van der Waals surface area contributed by atoms with Gasteiger partial charge in [0.15, 0.2) is 0 Å². The van der Waals surface area contributed by atoms with Crippen LogP contribution >= 0.6 is 23.8 Å². The fraction of sp³-hybridized carbons (Fsp3) is 0.300. The smallest absolute Gasteiger partial charge is 0.323 e. The number of carboxylic acids is 1. The maximum Gasteiger partial charge on any atom is 0.323 e. The summed E-state index contributed by atoms with van der Waals surface area (Å²) in [5.41, 5.74) is 3.26. The van der Waals surface area contributed by atoms with Crippen molar-refractivity contribution < 1.29 is 9.90 Å². The Labute approximate surface area is 163 Å². The highest BCUT2D eigenvalue weighted by atomic mass is 35.5. The molecule has 26 heavy (non-hydrogen) atoms. The number of halogens is 1. The summed E-state index contributed by atoms with van der Waals surface area (Å²) in [5.74, 6) is -0.655. The molecule has 2 heterocycles. The second-order valence-electron chi connectivity index (χ2n) is 6.81. The van der Waals surface area contributed by atoms with Crippen molar-refractivity contribution in [3.05, 3.63) is 64.7 Å². The van der Waals surface area contributed by atoms with Crippen LogP contribution in [0.25, 0.3) is 0 Å². The molecule has 2 atom stereocenters. The van der Waals surface area contributed by atoms with E-state index in [0.717, 1.165) is 35.7 Å². The number of hydrogen-bond donors (Lipinski definition) is 1. The maximum absolute atomic E-state index is 11.5. The molecular formula is C20H19ClN2O2S. The lowest BCUT2D eigenvalue weighted by molar-refractivity contribution is -0.135. The zero-order valence-electron chi connectivity index (χ0n) is 14.1. The normalized spacial score (nSPS) is 21.5. The topological polar surface area (TPSA) is 43.8 Å². The molecule has 1 N–H and O–H groups in total. The third-order valence-electron chi connectivity index (χ3n) is 5.21. The van der Waals surface area contributed by atoms with Gasteiger partial charge in [-0.25, -0.2) is 0 Å². The molecule has 0 bridgehead atoms. The van der Waals surface area contributed by atoms with E-state index in [1.54, 1.807) is 0 Å². The van der Waals surface area contributed by atoms with E-state index in [4.69, 9.17) is 23.8 Å². The predicted molar refractivity (Wildman–Crippen MR) is 107 cm³/mol. The molecule has 4 nitrogen and oxygen atoms in total. The van der Waals surface area contributed by atoms with E-state index in [1.807, 2.05) is 41.3 Å². The summed E-state index contributed by atoms with van der Waals surface area (Å²) in [7, 11) is 0. The average molecular weight is 387 g/mol. The first kappa shape index (κ1) is 17.3. The monoisotopic (exact) mass is 386 g/mol. The van der Waals surface area contributed by atoms with Crippen LogP contribution < -0.4 is 4.90 Å². The highest BCUT2D eigenvalue weighted by Crippen LogP contribution is 2.46. The minimum atomic E-state index is -0.852. The number of rotatable bonds is 4. The van der Waals surface area contributed by atoms with Gasteiger partial charge in [-0.1, -0.05) is 54.2 Å². The van der Waals surface area contributed by atoms with Gasteiger partial charge in [-0.2, -0.15) is 0 Å². The molecule has 134 valence electrons. The Kier molecular flexibility index (Phi) is 4.59. The number of aliphatic carboxylic acids is 1. The van der Waals surface area contributed by atoms with Crippen molar-refractivity contribution in [3.8, 4) is 0 Å². The SMILES string of the molecule is O=C(O)CN1c2ccc(Cl)cc2C2CCN(Cc3ccccc3)C(=S)C21. The molecule has 4 rings (SSSR count). The van der Waals surface area contributed by atoms with Crippen LogP contribution in [-0.4, -0.2) is 40.1 Å². The third-order valence-corrected chi connectivity index (χ3v) is 5.95. The van der Waals surface area contributed by atoms with Crippen molar-refractivity contribution in [2.24, 2.45) is 0 Å². The van der Waals surface area contributed by atoms with Gasteiger partial charge in [-0.15, -0.1) is 0 Å². The van der Waals surface area contributed by atoms with E-state index in [2.05, 4.69) is 17.0 Å². The van der Waals surface area contributed by atoms with Gasteiger partial charge in [0.1, 0.15) is 11.5 Å². The first-order valence-corrected chi connectivity index (χ1v) is 9.44. The Balaban J connectivity index is 1.65. The summed E-state index contributed by atoms with van der Waals surface area (Å²) in [5, 5.41) is 10.1. The molecule has 0 spiro atoms. The summed E-state index contributed by atoms with van der Waals surface area (Å²) in [4.78, 5) is 16.4. The zero-order valence-corrected chi connectivity index (χ0v) is 15.7. The number of anilines is 1. The number of thiocarbonyl (C=S) groups is 1. The van der Waals surface area contributed by atoms with E-state index < -0.39 is 5.97 Å². The lowest BCUT2D eigenvalue weighted by Crippen LogP contribution is -2.53. The van der Waals surface area contributed by atoms with Gasteiger partial charge in [-0.3, -0.25) is 4.79 Å². The maximum atomic E-state index is 11.5. The quantitative estimate of drug-likeness (QED) is 0.806. The van der Waals surface area contributed by atoms with Crippen LogP contribution in [0.5, 0.6) is 0 Å². The Bertz CT molecular complexity index is 858. The van der Waals surface area contributed by atoms with E-state index in [-0.39, 0.29) is 18.5 Å². The van der Waals surface area contributed by atoms with Gasteiger partial charge in [0.2, 0.25) is 0 Å². The second-order valence-corrected chi connectivity index (χ2v) is 7.66. The number of likely N-dealkylation sites (tertiary alicyclic amines) is 1. The summed E-state index contributed by atoms with van der Waals surface area (Å²) < 4.78 is 0. The number of fused-ring (bicyclic) bond motifs is 3. The van der Waals surface area contributed by atoms with Gasteiger partial charge in [0, 0.05) is 29.7 Å². The van der Waals surface area contributed by atoms with Gasteiger partial charge < -0.3 is 14.9 Å². The molecular weight excluding hydrogens is 368 g/mol. The Morgan fingerprint density at radius 3 is 2.73 bits per heavy atom. The lowest BCUT2D eigenvalue weighted by atomic mass is 9.88. The number of benzene rings is 2. The fourth-order valence-electron chi connectivity index (χ4n) is 4.12. The van der Waals surface area contributed by atoms with Gasteiger partial charge in [-0.05, 0) is 35.7 Å². The summed E-state index contributed by atoms with van der Waals surface area (Å²) in [6.07, 6.45) is 0.932. The van der Waals surface area contributed by atoms with Crippen LogP contribution in [0, 0.1) is 0 Å². The molecule has 2 aromatic rings. The Morgan fingerprint density at radius 1 is 1.23 bits per heavy atom. The molecule has 2 aliphatic heterocycles. The molecule has 6 heteroatoms. The summed E-state index contributed by atoms with van der Waals surface area (Å²) in [6, 6.07) is 15.8. The fourth-order valence-corrected chi connectivity index (χ4v) is 4.75. The first-order valence-electron chi connectivity index (χ1n) is 8.65. The molecule has 1 saturated heterocycles. The summed E-state index contributed by atoms with van der Waals surface area (Å²) >= 11 is 12.0. The Hall–Kier alpha value is -2.11. The number of carboxylic acid groups (broad SMARTS) is 1. The molecule has 0 radical (unpaired) electrons. The largest absolute Gasteiger partial charge is 0.480 e. The standard InChI is InChI=1S/C20H19ClN2O2S/c21-14-6-7-17-16(10-14)15-8-9-22(11-13-4-2-1-3-5-13)20(26)19(15)23(17)12-18(24)25/h1-7,10,15,19H,8-9,11-12H2,(H,24,25). The van der Waals surface area contributed by atoms with Gasteiger partial charge in [0.05, 0.1) is 6.04 Å². The van der Waals surface area contributed by atoms with Gasteiger partial charge >= 0.3 is 5.97 Å². The van der Waals surface area contributed by atoms with Crippen molar-refractivity contribution in [1.82, 2.24) is 4.90 Å². The predicted octanol–water partition coefficient (Wildman–Crippen LogP) is 3.93. The number of carbonyl (C=O) groups is 1. The average Bonchev–Trinajstić information content (AvgIpc) is 2.91. The molecule has 0 aliphatic carbocycles.